The first kappa shape index (κ1) is 24.3. The standard InChI is InChI=1S/C20H18F5N3O5/c1-19(20(23,24)25)8-11(10-3-4-12(21)14(22)15(10)32-2)16(33-19)18(30)27-9-5-6-28(31)13(7-9)17(26)29/h3-7,11,13,16H,8H2,1-2H3,(H2-,26,27,29,30)/p+1/t11-,13+,16?,19-/m0/s1. The number of carbonyl (C=O) groups excluding carboxylic acids is 2. The number of allylic oxidation sites excluding steroid dienone is 1. The number of nitroso groups, excluding NO2 is 1. The number of nitrogens with one attached hydrogen (secondary N) is 1. The molecule has 2 aliphatic rings. The number of ether oxygens (including phenoxy) is 2. The van der Waals surface area contributed by atoms with E-state index in [1.165, 1.54) is 0 Å². The van der Waals surface area contributed by atoms with Crippen LogP contribution in [0.15, 0.2) is 36.2 Å². The monoisotopic (exact) mass is 476 g/mol. The van der Waals surface area contributed by atoms with Crippen LogP contribution in [0.5, 0.6) is 5.75 Å². The SMILES string of the molecule is COc1c([C@@H]2C[C@@](C)(C(F)(F)F)OC2C(=O)NC2=C[C@H](C(N)=O)[N+](=O)C=C2)ccc(F)c1F. The first-order valence-corrected chi connectivity index (χ1v) is 9.51. The Balaban J connectivity index is 1.99. The van der Waals surface area contributed by atoms with Crippen molar-refractivity contribution in [3.05, 3.63) is 58.3 Å². The molecule has 1 aromatic carbocycles. The highest BCUT2D eigenvalue weighted by atomic mass is 19.4. The fraction of sp³-hybridized carbons (Fsp3) is 0.400. The zero-order chi connectivity index (χ0) is 24.7. The molecule has 1 fully saturated rings. The molecule has 0 saturated carbocycles. The second-order valence-electron chi connectivity index (χ2n) is 7.70. The molecule has 2 aliphatic heterocycles. The second-order valence-corrected chi connectivity index (χ2v) is 7.70. The number of hydrogen-bond donors (Lipinski definition) is 2. The van der Waals surface area contributed by atoms with E-state index in [0.29, 0.717) is 6.07 Å². The smallest absolute Gasteiger partial charge is 0.417 e. The summed E-state index contributed by atoms with van der Waals surface area (Å²) in [6, 6.07) is 0.279. The first-order valence-electron chi connectivity index (χ1n) is 9.51. The molecule has 4 atom stereocenters. The van der Waals surface area contributed by atoms with Gasteiger partial charge < -0.3 is 20.5 Å². The van der Waals surface area contributed by atoms with Crippen molar-refractivity contribution in [2.75, 3.05) is 7.11 Å². The molecule has 1 unspecified atom stereocenters. The van der Waals surface area contributed by atoms with E-state index in [2.05, 4.69) is 5.32 Å². The number of carbonyl (C=O) groups is 2. The fourth-order valence-corrected chi connectivity index (χ4v) is 3.73. The lowest BCUT2D eigenvalue weighted by Gasteiger charge is -2.27. The average Bonchev–Trinajstić information content (AvgIpc) is 3.10. The number of hydrogen-bond acceptors (Lipinski definition) is 5. The Hall–Kier alpha value is -3.35. The molecule has 13 heteroatoms. The molecule has 1 saturated heterocycles. The third-order valence-corrected chi connectivity index (χ3v) is 5.48. The second kappa shape index (κ2) is 8.54. The Kier molecular flexibility index (Phi) is 6.29. The summed E-state index contributed by atoms with van der Waals surface area (Å²) in [6.07, 6.45) is -4.47. The lowest BCUT2D eigenvalue weighted by molar-refractivity contribution is -0.495. The Morgan fingerprint density at radius 3 is 2.55 bits per heavy atom. The summed E-state index contributed by atoms with van der Waals surface area (Å²) in [7, 11) is 1.01. The van der Waals surface area contributed by atoms with Crippen molar-refractivity contribution in [3.63, 3.8) is 0 Å². The molecular weight excluding hydrogens is 457 g/mol. The number of nitrogens with two attached hydrogens (primary N) is 1. The summed E-state index contributed by atoms with van der Waals surface area (Å²) >= 11 is 0. The van der Waals surface area contributed by atoms with E-state index in [9.17, 15) is 36.4 Å². The Morgan fingerprint density at radius 2 is 1.97 bits per heavy atom. The molecule has 0 aromatic heterocycles. The first-order chi connectivity index (χ1) is 15.3. The molecule has 0 radical (unpaired) electrons. The number of rotatable bonds is 5. The molecule has 0 spiro atoms. The molecule has 2 amide bonds. The van der Waals surface area contributed by atoms with Gasteiger partial charge in [-0.2, -0.15) is 17.6 Å². The molecule has 2 heterocycles. The summed E-state index contributed by atoms with van der Waals surface area (Å²) in [4.78, 5) is 35.9. The lowest BCUT2D eigenvalue weighted by atomic mass is 9.85. The molecular formula is C20H19F5N3O5+. The van der Waals surface area contributed by atoms with Gasteiger partial charge in [0.25, 0.3) is 11.8 Å². The minimum absolute atomic E-state index is 0.0869. The van der Waals surface area contributed by atoms with E-state index in [1.807, 2.05) is 0 Å². The van der Waals surface area contributed by atoms with Gasteiger partial charge in [-0.15, -0.1) is 0 Å². The number of primary amides is 1. The van der Waals surface area contributed by atoms with Crippen molar-refractivity contribution >= 4 is 11.8 Å². The third kappa shape index (κ3) is 4.45. The highest BCUT2D eigenvalue weighted by Gasteiger charge is 2.61. The Bertz CT molecular complexity index is 1070. The van der Waals surface area contributed by atoms with Crippen molar-refractivity contribution in [3.8, 4) is 5.75 Å². The van der Waals surface area contributed by atoms with E-state index >= 15 is 0 Å². The maximum atomic E-state index is 14.2. The van der Waals surface area contributed by atoms with E-state index in [4.69, 9.17) is 15.2 Å². The van der Waals surface area contributed by atoms with Crippen LogP contribution in [0.4, 0.5) is 22.0 Å². The van der Waals surface area contributed by atoms with Crippen LogP contribution in [0.2, 0.25) is 0 Å². The van der Waals surface area contributed by atoms with Gasteiger partial charge >= 0.3 is 12.2 Å². The van der Waals surface area contributed by atoms with E-state index in [0.717, 1.165) is 38.5 Å². The van der Waals surface area contributed by atoms with Crippen LogP contribution >= 0.6 is 0 Å². The summed E-state index contributed by atoms with van der Waals surface area (Å²) in [5.74, 6) is -6.83. The van der Waals surface area contributed by atoms with Gasteiger partial charge in [0.15, 0.2) is 17.2 Å². The number of amides is 2. The van der Waals surface area contributed by atoms with Gasteiger partial charge in [-0.3, -0.25) is 9.59 Å². The van der Waals surface area contributed by atoms with Gasteiger partial charge in [0, 0.05) is 33.3 Å². The zero-order valence-electron chi connectivity index (χ0n) is 17.3. The van der Waals surface area contributed by atoms with Gasteiger partial charge in [-0.1, -0.05) is 6.07 Å². The van der Waals surface area contributed by atoms with Crippen molar-refractivity contribution in [2.45, 2.75) is 43.2 Å². The van der Waals surface area contributed by atoms with Crippen LogP contribution in [0.3, 0.4) is 0 Å². The number of methoxy groups -OCH3 is 1. The minimum atomic E-state index is -4.89. The normalized spacial score (nSPS) is 27.3. The van der Waals surface area contributed by atoms with Crippen LogP contribution in [0, 0.1) is 16.5 Å². The van der Waals surface area contributed by atoms with E-state index in [1.54, 1.807) is 0 Å². The molecule has 8 nitrogen and oxygen atoms in total. The van der Waals surface area contributed by atoms with Crippen LogP contribution in [0.1, 0.15) is 24.8 Å². The number of benzene rings is 1. The minimum Gasteiger partial charge on any atom is -0.493 e. The van der Waals surface area contributed by atoms with Gasteiger partial charge in [-0.05, 0) is 19.4 Å². The van der Waals surface area contributed by atoms with Crippen LogP contribution < -0.4 is 15.8 Å². The Labute approximate surface area is 183 Å². The average molecular weight is 476 g/mol. The summed E-state index contributed by atoms with van der Waals surface area (Å²) < 4.78 is 79.2. The van der Waals surface area contributed by atoms with Crippen LogP contribution in [0.25, 0.3) is 0 Å². The van der Waals surface area contributed by atoms with Crippen LogP contribution in [-0.2, 0) is 14.3 Å². The quantitative estimate of drug-likeness (QED) is 0.501. The topological polar surface area (TPSA) is 111 Å². The molecule has 1 aromatic rings. The maximum Gasteiger partial charge on any atom is 0.417 e. The Morgan fingerprint density at radius 1 is 1.30 bits per heavy atom. The van der Waals surface area contributed by atoms with Gasteiger partial charge in [0.05, 0.1) is 12.8 Å². The molecule has 178 valence electrons. The predicted molar refractivity (Wildman–Crippen MR) is 102 cm³/mol. The highest BCUT2D eigenvalue weighted by Crippen LogP contribution is 2.51. The number of alkyl halides is 3. The van der Waals surface area contributed by atoms with Gasteiger partial charge in [0.2, 0.25) is 12.0 Å². The maximum absolute atomic E-state index is 14.2. The molecule has 0 aliphatic carbocycles. The summed E-state index contributed by atoms with van der Waals surface area (Å²) in [5.41, 5.74) is 2.04. The number of nitrogens with zero attached hydrogens (tertiary/aromatic N) is 1. The van der Waals surface area contributed by atoms with E-state index in [-0.39, 0.29) is 16.0 Å². The number of halogens is 5. The van der Waals surface area contributed by atoms with Crippen LogP contribution in [-0.4, -0.2) is 47.6 Å². The zero-order valence-corrected chi connectivity index (χ0v) is 17.3. The fourth-order valence-electron chi connectivity index (χ4n) is 3.73. The summed E-state index contributed by atoms with van der Waals surface area (Å²) in [5, 5.41) is 2.28. The van der Waals surface area contributed by atoms with E-state index < -0.39 is 65.5 Å². The van der Waals surface area contributed by atoms with Gasteiger partial charge in [0.1, 0.15) is 6.10 Å². The van der Waals surface area contributed by atoms with Gasteiger partial charge in [-0.25, -0.2) is 4.39 Å². The van der Waals surface area contributed by atoms with Crippen molar-refractivity contribution < 1.29 is 45.8 Å². The molecule has 3 rings (SSSR count). The largest absolute Gasteiger partial charge is 0.493 e. The predicted octanol–water partition coefficient (Wildman–Crippen LogP) is 2.33. The molecule has 3 N–H and O–H groups in total. The van der Waals surface area contributed by atoms with Crippen molar-refractivity contribution in [2.24, 2.45) is 5.73 Å². The molecule has 0 bridgehead atoms. The molecule has 33 heavy (non-hydrogen) atoms. The third-order valence-electron chi connectivity index (χ3n) is 5.48. The lowest BCUT2D eigenvalue weighted by Crippen LogP contribution is -2.45. The highest BCUT2D eigenvalue weighted by molar-refractivity contribution is 5.86. The van der Waals surface area contributed by atoms with Crippen molar-refractivity contribution in [1.82, 2.24) is 5.32 Å². The summed E-state index contributed by atoms with van der Waals surface area (Å²) in [6.45, 7) is 0.734. The van der Waals surface area contributed by atoms with Crippen molar-refractivity contribution in [1.29, 1.82) is 0 Å².